The lowest BCUT2D eigenvalue weighted by Gasteiger charge is -2.44. The molecular weight excluding hydrogens is 312 g/mol. The number of para-hydroxylation sites is 1. The van der Waals surface area contributed by atoms with Crippen LogP contribution in [0.5, 0.6) is 5.75 Å². The highest BCUT2D eigenvalue weighted by atomic mass is 16.5. The molecule has 0 spiro atoms. The standard InChI is InChI=1S/C21H24N2O2/c1-25-20-11-5-3-7-16(20)9-6-12-22-14-18(15-22)23-13-17-8-2-4-10-19(17)21(23)24/h2-5,7-8,10-11,18H,6,9,12-15H2,1H3. The van der Waals surface area contributed by atoms with Gasteiger partial charge in [-0.25, -0.2) is 0 Å². The van der Waals surface area contributed by atoms with Gasteiger partial charge in [-0.3, -0.25) is 9.69 Å². The van der Waals surface area contributed by atoms with Crippen LogP contribution in [-0.2, 0) is 13.0 Å². The molecule has 4 heteroatoms. The third kappa shape index (κ3) is 3.14. The van der Waals surface area contributed by atoms with Gasteiger partial charge in [-0.1, -0.05) is 36.4 Å². The van der Waals surface area contributed by atoms with Crippen LogP contribution in [0.1, 0.15) is 27.9 Å². The molecule has 0 unspecified atom stereocenters. The fourth-order valence-electron chi connectivity index (χ4n) is 3.90. The number of likely N-dealkylation sites (tertiary alicyclic amines) is 1. The van der Waals surface area contributed by atoms with Gasteiger partial charge in [0.25, 0.3) is 5.91 Å². The van der Waals surface area contributed by atoms with Crippen molar-refractivity contribution in [1.29, 1.82) is 0 Å². The molecule has 0 saturated carbocycles. The SMILES string of the molecule is COc1ccccc1CCCN1CC(N2Cc3ccccc3C2=O)C1. The summed E-state index contributed by atoms with van der Waals surface area (Å²) in [5.41, 5.74) is 3.33. The molecule has 0 aromatic heterocycles. The molecule has 2 aromatic carbocycles. The van der Waals surface area contributed by atoms with Gasteiger partial charge in [0, 0.05) is 25.2 Å². The van der Waals surface area contributed by atoms with Crippen molar-refractivity contribution >= 4 is 5.91 Å². The predicted octanol–water partition coefficient (Wildman–Crippen LogP) is 2.97. The van der Waals surface area contributed by atoms with Gasteiger partial charge in [0.1, 0.15) is 5.75 Å². The van der Waals surface area contributed by atoms with Gasteiger partial charge >= 0.3 is 0 Å². The highest BCUT2D eigenvalue weighted by Crippen LogP contribution is 2.28. The second kappa shape index (κ2) is 6.89. The summed E-state index contributed by atoms with van der Waals surface area (Å²) in [4.78, 5) is 17.0. The average Bonchev–Trinajstić information content (AvgIpc) is 2.94. The molecule has 0 radical (unpaired) electrons. The van der Waals surface area contributed by atoms with Crippen molar-refractivity contribution in [2.45, 2.75) is 25.4 Å². The number of hydrogen-bond donors (Lipinski definition) is 0. The van der Waals surface area contributed by atoms with Crippen LogP contribution in [0.3, 0.4) is 0 Å². The third-order valence-electron chi connectivity index (χ3n) is 5.34. The van der Waals surface area contributed by atoms with Crippen molar-refractivity contribution in [1.82, 2.24) is 9.80 Å². The summed E-state index contributed by atoms with van der Waals surface area (Å²) in [5.74, 6) is 1.18. The molecule has 2 aliphatic rings. The molecule has 0 atom stereocenters. The maximum Gasteiger partial charge on any atom is 0.254 e. The number of aryl methyl sites for hydroxylation is 1. The highest BCUT2D eigenvalue weighted by molar-refractivity contribution is 5.98. The van der Waals surface area contributed by atoms with E-state index < -0.39 is 0 Å². The summed E-state index contributed by atoms with van der Waals surface area (Å²) in [6.45, 7) is 3.83. The van der Waals surface area contributed by atoms with Crippen LogP contribution >= 0.6 is 0 Å². The summed E-state index contributed by atoms with van der Waals surface area (Å²) in [5, 5.41) is 0. The van der Waals surface area contributed by atoms with E-state index in [1.807, 2.05) is 35.2 Å². The molecule has 4 nitrogen and oxygen atoms in total. The Kier molecular flexibility index (Phi) is 4.45. The molecule has 1 fully saturated rings. The Morgan fingerprint density at radius 1 is 1.08 bits per heavy atom. The zero-order chi connectivity index (χ0) is 17.2. The van der Waals surface area contributed by atoms with Gasteiger partial charge in [0.05, 0.1) is 13.2 Å². The lowest BCUT2D eigenvalue weighted by atomic mass is 10.0. The number of rotatable bonds is 6. The summed E-state index contributed by atoms with van der Waals surface area (Å²) in [7, 11) is 1.73. The Hall–Kier alpha value is -2.33. The van der Waals surface area contributed by atoms with Gasteiger partial charge in [-0.05, 0) is 42.6 Å². The Balaban J connectivity index is 1.24. The van der Waals surface area contributed by atoms with E-state index in [0.29, 0.717) is 6.04 Å². The van der Waals surface area contributed by atoms with Crippen LogP contribution in [0.4, 0.5) is 0 Å². The van der Waals surface area contributed by atoms with E-state index >= 15 is 0 Å². The number of benzene rings is 2. The van der Waals surface area contributed by atoms with Gasteiger partial charge in [-0.15, -0.1) is 0 Å². The van der Waals surface area contributed by atoms with Crippen molar-refractivity contribution < 1.29 is 9.53 Å². The molecule has 1 saturated heterocycles. The number of nitrogens with zero attached hydrogens (tertiary/aromatic N) is 2. The average molecular weight is 336 g/mol. The minimum atomic E-state index is 0.203. The van der Waals surface area contributed by atoms with E-state index in [9.17, 15) is 4.79 Å². The monoisotopic (exact) mass is 336 g/mol. The zero-order valence-corrected chi connectivity index (χ0v) is 14.6. The van der Waals surface area contributed by atoms with Crippen molar-refractivity contribution in [3.63, 3.8) is 0 Å². The van der Waals surface area contributed by atoms with Crippen molar-refractivity contribution in [2.24, 2.45) is 0 Å². The molecule has 2 heterocycles. The molecular formula is C21H24N2O2. The Labute approximate surface area is 149 Å². The van der Waals surface area contributed by atoms with Crippen LogP contribution in [0, 0.1) is 0 Å². The summed E-state index contributed by atoms with van der Waals surface area (Å²) < 4.78 is 5.41. The molecule has 0 bridgehead atoms. The van der Waals surface area contributed by atoms with Crippen LogP contribution < -0.4 is 4.74 Å². The van der Waals surface area contributed by atoms with Crippen LogP contribution in [-0.4, -0.2) is 48.5 Å². The van der Waals surface area contributed by atoms with Crippen molar-refractivity contribution in [3.8, 4) is 5.75 Å². The van der Waals surface area contributed by atoms with E-state index in [2.05, 4.69) is 23.1 Å². The number of fused-ring (bicyclic) bond motifs is 1. The first-order valence-corrected chi connectivity index (χ1v) is 8.99. The zero-order valence-electron chi connectivity index (χ0n) is 14.6. The fourth-order valence-corrected chi connectivity index (χ4v) is 3.90. The molecule has 1 amide bonds. The number of hydrogen-bond acceptors (Lipinski definition) is 3. The number of carbonyl (C=O) groups excluding carboxylic acids is 1. The number of amides is 1. The Morgan fingerprint density at radius 2 is 1.84 bits per heavy atom. The van der Waals surface area contributed by atoms with E-state index in [1.54, 1.807) is 7.11 Å². The highest BCUT2D eigenvalue weighted by Gasteiger charge is 2.38. The van der Waals surface area contributed by atoms with Crippen molar-refractivity contribution in [3.05, 3.63) is 65.2 Å². The second-order valence-corrected chi connectivity index (χ2v) is 6.92. The topological polar surface area (TPSA) is 32.8 Å². The van der Waals surface area contributed by atoms with Gasteiger partial charge in [-0.2, -0.15) is 0 Å². The summed E-state index contributed by atoms with van der Waals surface area (Å²) in [6.07, 6.45) is 2.14. The second-order valence-electron chi connectivity index (χ2n) is 6.92. The fraction of sp³-hybridized carbons (Fsp3) is 0.381. The van der Waals surface area contributed by atoms with Crippen LogP contribution in [0.15, 0.2) is 48.5 Å². The summed E-state index contributed by atoms with van der Waals surface area (Å²) >= 11 is 0. The predicted molar refractivity (Wildman–Crippen MR) is 97.9 cm³/mol. The van der Waals surface area contributed by atoms with Gasteiger partial charge in [0.2, 0.25) is 0 Å². The smallest absolute Gasteiger partial charge is 0.254 e. The Bertz CT molecular complexity index is 768. The molecule has 130 valence electrons. The van der Waals surface area contributed by atoms with E-state index in [4.69, 9.17) is 4.74 Å². The quantitative estimate of drug-likeness (QED) is 0.813. The lowest BCUT2D eigenvalue weighted by Crippen LogP contribution is -2.59. The van der Waals surface area contributed by atoms with E-state index in [0.717, 1.165) is 50.3 Å². The first-order valence-electron chi connectivity index (χ1n) is 8.99. The molecule has 0 aliphatic carbocycles. The first kappa shape index (κ1) is 16.2. The maximum atomic E-state index is 12.5. The van der Waals surface area contributed by atoms with E-state index in [-0.39, 0.29) is 5.91 Å². The van der Waals surface area contributed by atoms with Crippen LogP contribution in [0.2, 0.25) is 0 Å². The van der Waals surface area contributed by atoms with E-state index in [1.165, 1.54) is 11.1 Å². The molecule has 4 rings (SSSR count). The maximum absolute atomic E-state index is 12.5. The molecule has 2 aliphatic heterocycles. The van der Waals surface area contributed by atoms with Crippen LogP contribution in [0.25, 0.3) is 0 Å². The number of methoxy groups -OCH3 is 1. The van der Waals surface area contributed by atoms with Crippen molar-refractivity contribution in [2.75, 3.05) is 26.7 Å². The van der Waals surface area contributed by atoms with Gasteiger partial charge < -0.3 is 9.64 Å². The van der Waals surface area contributed by atoms with Gasteiger partial charge in [0.15, 0.2) is 0 Å². The first-order chi connectivity index (χ1) is 12.3. The number of ether oxygens (including phenoxy) is 1. The normalized spacial score (nSPS) is 17.5. The third-order valence-corrected chi connectivity index (χ3v) is 5.34. The lowest BCUT2D eigenvalue weighted by molar-refractivity contribution is 0.0283. The molecule has 2 aromatic rings. The molecule has 25 heavy (non-hydrogen) atoms. The minimum Gasteiger partial charge on any atom is -0.496 e. The minimum absolute atomic E-state index is 0.203. The molecule has 0 N–H and O–H groups in total. The Morgan fingerprint density at radius 3 is 2.64 bits per heavy atom. The summed E-state index contributed by atoms with van der Waals surface area (Å²) in [6, 6.07) is 16.6. The largest absolute Gasteiger partial charge is 0.496 e. The number of carbonyl (C=O) groups is 1.